The van der Waals surface area contributed by atoms with Crippen LogP contribution in [0.1, 0.15) is 71.1 Å². The number of hydrogen-bond acceptors (Lipinski definition) is 6. The molecule has 0 saturated carbocycles. The molecule has 0 aliphatic carbocycles. The molecule has 2 aliphatic heterocycles. The van der Waals surface area contributed by atoms with E-state index in [1.54, 1.807) is 7.11 Å². The van der Waals surface area contributed by atoms with Crippen molar-refractivity contribution >= 4 is 16.6 Å². The van der Waals surface area contributed by atoms with Crippen LogP contribution in [0.5, 0.6) is 0 Å². The van der Waals surface area contributed by atoms with E-state index in [2.05, 4.69) is 58.4 Å². The Kier molecular flexibility index (Phi) is 14.4. The van der Waals surface area contributed by atoms with Gasteiger partial charge in [-0.15, -0.1) is 0 Å². The average Bonchev–Trinajstić information content (AvgIpc) is 2.80. The average molecular weight is 545 g/mol. The second-order valence-corrected chi connectivity index (χ2v) is 21.4. The molecule has 2 fully saturated rings. The highest BCUT2D eigenvalue weighted by atomic mass is 28.4. The van der Waals surface area contributed by atoms with Gasteiger partial charge < -0.3 is 27.8 Å². The van der Waals surface area contributed by atoms with Crippen molar-refractivity contribution in [3.63, 3.8) is 0 Å². The topological polar surface area (TPSA) is 55.4 Å². The first kappa shape index (κ1) is 32.1. The van der Waals surface area contributed by atoms with Crippen LogP contribution >= 0.6 is 0 Å². The molecular weight excluding hydrogens is 488 g/mol. The zero-order valence-electron chi connectivity index (χ0n) is 24.6. The molecule has 6 nitrogen and oxygen atoms in total. The molecule has 0 aromatic rings. The van der Waals surface area contributed by atoms with Crippen molar-refractivity contribution in [2.45, 2.75) is 141 Å². The first-order chi connectivity index (χ1) is 17.0. The van der Waals surface area contributed by atoms with Crippen LogP contribution in [0.25, 0.3) is 0 Å². The highest BCUT2D eigenvalue weighted by Gasteiger charge is 2.40. The van der Waals surface area contributed by atoms with E-state index in [4.69, 9.17) is 27.8 Å². The first-order valence-corrected chi connectivity index (χ1v) is 21.3. The van der Waals surface area contributed by atoms with E-state index in [1.807, 2.05) is 0 Å². The second-order valence-electron chi connectivity index (χ2n) is 12.4. The van der Waals surface area contributed by atoms with Gasteiger partial charge in [0.05, 0.1) is 18.3 Å². The lowest BCUT2D eigenvalue weighted by atomic mass is 9.86. The van der Waals surface area contributed by atoms with E-state index in [1.165, 1.54) is 19.3 Å². The van der Waals surface area contributed by atoms with Crippen molar-refractivity contribution in [3.05, 3.63) is 12.2 Å². The normalized spacial score (nSPS) is 29.1. The molecule has 6 atom stereocenters. The van der Waals surface area contributed by atoms with Gasteiger partial charge in [0.25, 0.3) is 0 Å². The molecule has 0 spiro atoms. The molecule has 8 heteroatoms. The van der Waals surface area contributed by atoms with Crippen molar-refractivity contribution in [2.24, 2.45) is 5.92 Å². The molecule has 36 heavy (non-hydrogen) atoms. The van der Waals surface area contributed by atoms with E-state index in [0.717, 1.165) is 58.2 Å². The maximum absolute atomic E-state index is 6.72. The predicted octanol–water partition coefficient (Wildman–Crippen LogP) is 7.26. The minimum absolute atomic E-state index is 0.0402. The lowest BCUT2D eigenvalue weighted by Gasteiger charge is -2.43. The summed E-state index contributed by atoms with van der Waals surface area (Å²) < 4.78 is 37.4. The zero-order chi connectivity index (χ0) is 26.6. The van der Waals surface area contributed by atoms with Crippen LogP contribution in [0, 0.1) is 5.92 Å². The Balaban J connectivity index is 2.15. The van der Waals surface area contributed by atoms with Gasteiger partial charge in [0.2, 0.25) is 0 Å². The lowest BCUT2D eigenvalue weighted by Crippen LogP contribution is -2.49. The summed E-state index contributed by atoms with van der Waals surface area (Å²) in [6.07, 6.45) is 14.9. The second kappa shape index (κ2) is 16.1. The van der Waals surface area contributed by atoms with Crippen molar-refractivity contribution in [1.29, 1.82) is 0 Å². The summed E-state index contributed by atoms with van der Waals surface area (Å²) in [5.74, 6) is 0.270. The maximum Gasteiger partial charge on any atom is 0.184 e. The Morgan fingerprint density at radius 2 is 1.75 bits per heavy atom. The van der Waals surface area contributed by atoms with E-state index >= 15 is 0 Å². The standard InChI is InChI=1S/C28H56O6Si2/c1-9-10-11-15-23(32-27-17-12-13-20-30-27)18-19-25-24(16-14-21-31-35(3,4)5)26(34-36(6,7)8)22-28(29-2)33-25/h18-19,23-28H,9-17,20-22H2,1-8H3/t23?,24-,25-,26+,27?,28+/m0/s1. The third kappa shape index (κ3) is 13.1. The molecule has 0 aromatic heterocycles. The summed E-state index contributed by atoms with van der Waals surface area (Å²) >= 11 is 0. The summed E-state index contributed by atoms with van der Waals surface area (Å²) in [6, 6.07) is 0. The first-order valence-electron chi connectivity index (χ1n) is 14.5. The summed E-state index contributed by atoms with van der Waals surface area (Å²) in [6.45, 7) is 17.4. The van der Waals surface area contributed by atoms with Crippen LogP contribution in [0.2, 0.25) is 39.3 Å². The molecular formula is C28H56O6Si2. The van der Waals surface area contributed by atoms with Crippen LogP contribution in [0.4, 0.5) is 0 Å². The fraction of sp³-hybridized carbons (Fsp3) is 0.929. The Morgan fingerprint density at radius 3 is 2.36 bits per heavy atom. The largest absolute Gasteiger partial charge is 0.418 e. The fourth-order valence-corrected chi connectivity index (χ4v) is 6.87. The van der Waals surface area contributed by atoms with Gasteiger partial charge in [-0.25, -0.2) is 0 Å². The fourth-order valence-electron chi connectivity index (χ4n) is 4.94. The van der Waals surface area contributed by atoms with Gasteiger partial charge in [-0.05, 0) is 77.8 Å². The number of rotatable bonds is 16. The molecule has 2 rings (SSSR count). The molecule has 0 aromatic carbocycles. The summed E-state index contributed by atoms with van der Waals surface area (Å²) in [5, 5.41) is 0. The molecule has 0 N–H and O–H groups in total. The van der Waals surface area contributed by atoms with Gasteiger partial charge in [0, 0.05) is 32.7 Å². The van der Waals surface area contributed by atoms with Gasteiger partial charge in [0.15, 0.2) is 29.2 Å². The SMILES string of the molecule is CCCCCC(C=C[C@@H]1O[C@@H](OC)C[C@@H](O[Si](C)(C)C)[C@H]1CCCO[Si](C)(C)C)OC1CCCCO1. The van der Waals surface area contributed by atoms with Gasteiger partial charge in [-0.1, -0.05) is 38.3 Å². The van der Waals surface area contributed by atoms with Crippen LogP contribution < -0.4 is 0 Å². The third-order valence-corrected chi connectivity index (χ3v) is 8.77. The number of methoxy groups -OCH3 is 1. The van der Waals surface area contributed by atoms with Crippen molar-refractivity contribution in [2.75, 3.05) is 20.3 Å². The Hall–Kier alpha value is -0.0662. The van der Waals surface area contributed by atoms with Crippen LogP contribution in [0.3, 0.4) is 0 Å². The number of ether oxygens (including phenoxy) is 4. The predicted molar refractivity (Wildman–Crippen MR) is 152 cm³/mol. The van der Waals surface area contributed by atoms with E-state index in [0.29, 0.717) is 0 Å². The van der Waals surface area contributed by atoms with Gasteiger partial charge >= 0.3 is 0 Å². The molecule has 0 amide bonds. The molecule has 0 radical (unpaired) electrons. The van der Waals surface area contributed by atoms with Crippen molar-refractivity contribution in [3.8, 4) is 0 Å². The molecule has 2 unspecified atom stereocenters. The molecule has 212 valence electrons. The minimum atomic E-state index is -1.73. The van der Waals surface area contributed by atoms with Crippen LogP contribution in [0.15, 0.2) is 12.2 Å². The summed E-state index contributed by atoms with van der Waals surface area (Å²) in [7, 11) is -1.52. The van der Waals surface area contributed by atoms with E-state index < -0.39 is 16.6 Å². The third-order valence-electron chi connectivity index (χ3n) is 6.69. The maximum atomic E-state index is 6.72. The molecule has 0 bridgehead atoms. The van der Waals surface area contributed by atoms with Crippen LogP contribution in [-0.2, 0) is 27.8 Å². The molecule has 2 saturated heterocycles. The monoisotopic (exact) mass is 544 g/mol. The van der Waals surface area contributed by atoms with Crippen molar-refractivity contribution < 1.29 is 27.8 Å². The summed E-state index contributed by atoms with van der Waals surface area (Å²) in [5.41, 5.74) is 0. The van der Waals surface area contributed by atoms with Gasteiger partial charge in [-0.2, -0.15) is 0 Å². The summed E-state index contributed by atoms with van der Waals surface area (Å²) in [4.78, 5) is 0. The minimum Gasteiger partial charge on any atom is -0.418 e. The Labute approximate surface area is 224 Å². The molecule has 2 heterocycles. The lowest BCUT2D eigenvalue weighted by molar-refractivity contribution is -0.212. The van der Waals surface area contributed by atoms with E-state index in [9.17, 15) is 0 Å². The van der Waals surface area contributed by atoms with E-state index in [-0.39, 0.29) is 36.8 Å². The smallest absolute Gasteiger partial charge is 0.184 e. The van der Waals surface area contributed by atoms with Crippen molar-refractivity contribution in [1.82, 2.24) is 0 Å². The Morgan fingerprint density at radius 1 is 0.972 bits per heavy atom. The highest BCUT2D eigenvalue weighted by molar-refractivity contribution is 6.70. The van der Waals surface area contributed by atoms with Crippen LogP contribution in [-0.4, -0.2) is 67.9 Å². The quantitative estimate of drug-likeness (QED) is 0.116. The highest BCUT2D eigenvalue weighted by Crippen LogP contribution is 2.34. The van der Waals surface area contributed by atoms with Gasteiger partial charge in [-0.3, -0.25) is 0 Å². The Bertz CT molecular complexity index is 612. The molecule has 2 aliphatic rings. The number of hydrogen-bond donors (Lipinski definition) is 0. The van der Waals surface area contributed by atoms with Gasteiger partial charge in [0.1, 0.15) is 0 Å². The number of unbranched alkanes of at least 4 members (excludes halogenated alkanes) is 2. The zero-order valence-corrected chi connectivity index (χ0v) is 26.6.